The van der Waals surface area contributed by atoms with Crippen LogP contribution in [0.4, 0.5) is 4.79 Å². The fraction of sp³-hybridized carbons (Fsp3) is 0.750. The first-order valence-corrected chi connectivity index (χ1v) is 12.3. The second kappa shape index (κ2) is 12.6. The Morgan fingerprint density at radius 1 is 0.914 bits per heavy atom. The molecule has 0 unspecified atom stereocenters. The molecule has 0 rings (SSSR count). The molecule has 0 radical (unpaired) electrons. The lowest BCUT2D eigenvalue weighted by Crippen LogP contribution is -2.42. The minimum atomic E-state index is -0.763. The van der Waals surface area contributed by atoms with Crippen molar-refractivity contribution in [2.45, 2.75) is 95.4 Å². The summed E-state index contributed by atoms with van der Waals surface area (Å²) in [5.74, 6) is -0.761. The van der Waals surface area contributed by atoms with Gasteiger partial charge in [-0.3, -0.25) is 14.4 Å². The number of carbonyl (C=O) groups is 4. The largest absolute Gasteiger partial charge is 0.447 e. The first-order valence-electron chi connectivity index (χ1n) is 12.3. The molecule has 0 fully saturated rings. The highest BCUT2D eigenvalue weighted by molar-refractivity contribution is 6.29. The second-order valence-electron chi connectivity index (χ2n) is 13.0. The Kier molecular flexibility index (Phi) is 11.8. The fourth-order valence-corrected chi connectivity index (χ4v) is 4.37. The summed E-state index contributed by atoms with van der Waals surface area (Å²) in [6.07, 6.45) is 2.13. The molecule has 0 aromatic rings. The maximum absolute atomic E-state index is 12.5. The van der Waals surface area contributed by atoms with Gasteiger partial charge in [-0.05, 0) is 47.0 Å². The summed E-state index contributed by atoms with van der Waals surface area (Å²) in [7, 11) is 0. The molecule has 2 amide bonds. The molecule has 0 saturated heterocycles. The van der Waals surface area contributed by atoms with Crippen molar-refractivity contribution in [1.82, 2.24) is 5.32 Å². The quantitative estimate of drug-likeness (QED) is 0.238. The molecule has 0 saturated carbocycles. The van der Waals surface area contributed by atoms with E-state index in [1.54, 1.807) is 20.8 Å². The lowest BCUT2D eigenvalue weighted by Gasteiger charge is -2.49. The van der Waals surface area contributed by atoms with Gasteiger partial charge >= 0.3 is 6.09 Å². The first kappa shape index (κ1) is 32.7. The molecule has 0 heterocycles. The topological polar surface area (TPSA) is 102 Å². The summed E-state index contributed by atoms with van der Waals surface area (Å²) in [4.78, 5) is 51.4. The van der Waals surface area contributed by atoms with Crippen LogP contribution >= 0.6 is 0 Å². The third-order valence-corrected chi connectivity index (χ3v) is 6.69. The standard InChI is InChI=1S/C28H48N2O5/c1-19(2)21(31)14-29-23(33)13-25(5,6)16-27(9,10)28(11,12)17-26(7,8)18-35-24(34)30-15-22(32)20(3)4/h15,20H,1,13-14,16-18H2,2-12H3,(H,29,33). The zero-order valence-corrected chi connectivity index (χ0v) is 23.9. The van der Waals surface area contributed by atoms with E-state index in [-0.39, 0.29) is 58.2 Å². The number of nitrogens with zero attached hydrogens (tertiary/aromatic N) is 1. The highest BCUT2D eigenvalue weighted by Gasteiger charge is 2.44. The van der Waals surface area contributed by atoms with Crippen LogP contribution < -0.4 is 5.32 Å². The predicted octanol–water partition coefficient (Wildman–Crippen LogP) is 5.96. The van der Waals surface area contributed by atoms with Gasteiger partial charge < -0.3 is 10.1 Å². The summed E-state index contributed by atoms with van der Waals surface area (Å²) >= 11 is 0. The van der Waals surface area contributed by atoms with Gasteiger partial charge in [0.05, 0.1) is 19.4 Å². The smallest absolute Gasteiger partial charge is 0.433 e. The van der Waals surface area contributed by atoms with Crippen LogP contribution in [0.2, 0.25) is 0 Å². The average Bonchev–Trinajstić information content (AvgIpc) is 2.66. The van der Waals surface area contributed by atoms with Gasteiger partial charge in [-0.25, -0.2) is 4.79 Å². The van der Waals surface area contributed by atoms with Crippen LogP contribution in [0.5, 0.6) is 0 Å². The molecule has 0 atom stereocenters. The molecule has 0 aromatic heterocycles. The number of ether oxygens (including phenoxy) is 1. The predicted molar refractivity (Wildman–Crippen MR) is 141 cm³/mol. The van der Waals surface area contributed by atoms with Gasteiger partial charge in [-0.2, -0.15) is 4.99 Å². The van der Waals surface area contributed by atoms with Gasteiger partial charge in [0.2, 0.25) is 5.91 Å². The third-order valence-electron chi connectivity index (χ3n) is 6.69. The molecule has 200 valence electrons. The van der Waals surface area contributed by atoms with E-state index in [4.69, 9.17) is 4.74 Å². The zero-order valence-electron chi connectivity index (χ0n) is 23.9. The first-order chi connectivity index (χ1) is 15.6. The summed E-state index contributed by atoms with van der Waals surface area (Å²) < 4.78 is 5.34. The molecule has 1 N–H and O–H groups in total. The van der Waals surface area contributed by atoms with Gasteiger partial charge in [-0.1, -0.05) is 75.8 Å². The summed E-state index contributed by atoms with van der Waals surface area (Å²) in [6, 6.07) is 0. The molecular formula is C28H48N2O5. The number of rotatable bonds is 14. The van der Waals surface area contributed by atoms with Crippen molar-refractivity contribution < 1.29 is 23.9 Å². The normalized spacial score (nSPS) is 13.1. The Morgan fingerprint density at radius 3 is 1.86 bits per heavy atom. The van der Waals surface area contributed by atoms with Crippen molar-refractivity contribution in [3.63, 3.8) is 0 Å². The van der Waals surface area contributed by atoms with Gasteiger partial charge in [0.25, 0.3) is 0 Å². The molecule has 0 aliphatic heterocycles. The van der Waals surface area contributed by atoms with Gasteiger partial charge in [0, 0.05) is 12.3 Å². The third kappa shape index (κ3) is 12.3. The van der Waals surface area contributed by atoms with Gasteiger partial charge in [0.1, 0.15) is 0 Å². The van der Waals surface area contributed by atoms with Crippen LogP contribution in [0, 0.1) is 27.6 Å². The highest BCUT2D eigenvalue weighted by Crippen LogP contribution is 2.52. The Hall–Kier alpha value is -2.31. The van der Waals surface area contributed by atoms with Crippen molar-refractivity contribution in [3.8, 4) is 0 Å². The number of hydrogen-bond acceptors (Lipinski definition) is 5. The van der Waals surface area contributed by atoms with Crippen molar-refractivity contribution in [1.29, 1.82) is 0 Å². The van der Waals surface area contributed by atoms with E-state index in [1.807, 2.05) is 13.8 Å². The van der Waals surface area contributed by atoms with E-state index in [2.05, 4.69) is 58.4 Å². The number of Topliss-reactive ketones (excluding diaryl/α,β-unsaturated/α-hetero) is 2. The van der Waals surface area contributed by atoms with Crippen LogP contribution in [0.3, 0.4) is 0 Å². The average molecular weight is 493 g/mol. The Bertz CT molecular complexity index is 832. The minimum Gasteiger partial charge on any atom is -0.447 e. The lowest BCUT2D eigenvalue weighted by atomic mass is 9.56. The summed E-state index contributed by atoms with van der Waals surface area (Å²) in [6.45, 7) is 25.9. The molecular weight excluding hydrogens is 444 g/mol. The van der Waals surface area contributed by atoms with Crippen molar-refractivity contribution in [3.05, 3.63) is 12.2 Å². The van der Waals surface area contributed by atoms with Crippen LogP contribution in [-0.4, -0.2) is 42.9 Å². The zero-order chi connectivity index (χ0) is 27.8. The molecule has 7 heteroatoms. The molecule has 7 nitrogen and oxygen atoms in total. The highest BCUT2D eigenvalue weighted by atomic mass is 16.5. The number of hydrogen-bond donors (Lipinski definition) is 1. The SMILES string of the molecule is C=C(C)C(=O)CNC(=O)CC(C)(C)CC(C)(C)C(C)(C)CC(C)(C)COC(=O)N=CC(=O)C(C)C. The number of nitrogens with one attached hydrogen (secondary N) is 1. The molecule has 0 aromatic carbocycles. The molecule has 0 spiro atoms. The van der Waals surface area contributed by atoms with E-state index in [0.29, 0.717) is 12.0 Å². The fourth-order valence-electron chi connectivity index (χ4n) is 4.37. The van der Waals surface area contributed by atoms with Crippen LogP contribution in [0.25, 0.3) is 0 Å². The Morgan fingerprint density at radius 2 is 1.40 bits per heavy atom. The van der Waals surface area contributed by atoms with Crippen molar-refractivity contribution >= 4 is 29.8 Å². The maximum atomic E-state index is 12.5. The van der Waals surface area contributed by atoms with Crippen LogP contribution in [0.1, 0.15) is 95.4 Å². The van der Waals surface area contributed by atoms with E-state index in [0.717, 1.165) is 19.1 Å². The summed E-state index contributed by atoms with van der Waals surface area (Å²) in [5, 5.41) is 2.70. The monoisotopic (exact) mass is 492 g/mol. The molecule has 35 heavy (non-hydrogen) atoms. The van der Waals surface area contributed by atoms with E-state index < -0.39 is 6.09 Å². The van der Waals surface area contributed by atoms with E-state index >= 15 is 0 Å². The number of aliphatic imine (C=N–C) groups is 1. The Balaban J connectivity index is 5.09. The molecule has 0 aliphatic rings. The number of ketones is 2. The maximum Gasteiger partial charge on any atom is 0.433 e. The minimum absolute atomic E-state index is 0.0261. The Labute approximate surface area is 212 Å². The number of carbonyl (C=O) groups excluding carboxylic acids is 4. The van der Waals surface area contributed by atoms with Gasteiger partial charge in [0.15, 0.2) is 11.6 Å². The van der Waals surface area contributed by atoms with Crippen molar-refractivity contribution in [2.75, 3.05) is 13.2 Å². The molecule has 0 bridgehead atoms. The van der Waals surface area contributed by atoms with Crippen molar-refractivity contribution in [2.24, 2.45) is 32.6 Å². The van der Waals surface area contributed by atoms with Crippen LogP contribution in [0.15, 0.2) is 17.1 Å². The van der Waals surface area contributed by atoms with E-state index in [9.17, 15) is 19.2 Å². The number of amides is 2. The summed E-state index contributed by atoms with van der Waals surface area (Å²) in [5.41, 5.74) is -0.475. The van der Waals surface area contributed by atoms with Gasteiger partial charge in [-0.15, -0.1) is 0 Å². The molecule has 0 aliphatic carbocycles. The second-order valence-corrected chi connectivity index (χ2v) is 13.0. The van der Waals surface area contributed by atoms with E-state index in [1.165, 1.54) is 0 Å². The van der Waals surface area contributed by atoms with Crippen LogP contribution in [-0.2, 0) is 19.1 Å². The lowest BCUT2D eigenvalue weighted by molar-refractivity contribution is -0.126.